The van der Waals surface area contributed by atoms with Crippen LogP contribution in [0.1, 0.15) is 5.01 Å². The molecule has 0 aliphatic carbocycles. The van der Waals surface area contributed by atoms with Crippen molar-refractivity contribution in [2.45, 2.75) is 6.92 Å². The summed E-state index contributed by atoms with van der Waals surface area (Å²) in [5.41, 5.74) is 0. The molecule has 0 aromatic carbocycles. The number of hydrogen-bond donors (Lipinski definition) is 2. The minimum atomic E-state index is 0.575. The zero-order valence-electron chi connectivity index (χ0n) is 7.09. The van der Waals surface area contributed by atoms with E-state index in [9.17, 15) is 0 Å². The molecule has 9 heteroatoms. The molecule has 0 radical (unpaired) electrons. The van der Waals surface area contributed by atoms with Crippen LogP contribution in [0.4, 0.5) is 10.3 Å². The molecule has 0 fully saturated rings. The lowest BCUT2D eigenvalue weighted by Crippen LogP contribution is -2.24. The predicted octanol–water partition coefficient (Wildman–Crippen LogP) is 1.37. The fourth-order valence-electron chi connectivity index (χ4n) is 0.790. The Hall–Kier alpha value is -0.900. The maximum absolute atomic E-state index is 5.77. The number of aromatic nitrogens is 4. The summed E-state index contributed by atoms with van der Waals surface area (Å²) in [4.78, 5) is 0. The van der Waals surface area contributed by atoms with Gasteiger partial charge in [0.25, 0.3) is 0 Å². The van der Waals surface area contributed by atoms with Crippen LogP contribution >= 0.6 is 34.9 Å². The molecule has 0 amide bonds. The zero-order valence-corrected chi connectivity index (χ0v) is 9.54. The molecule has 3 N–H and O–H groups in total. The van der Waals surface area contributed by atoms with Crippen molar-refractivity contribution >= 4 is 45.2 Å². The van der Waals surface area contributed by atoms with Gasteiger partial charge in [-0.25, -0.2) is 10.9 Å². The summed E-state index contributed by atoms with van der Waals surface area (Å²) in [6, 6.07) is 0. The van der Waals surface area contributed by atoms with Crippen LogP contribution in [0.3, 0.4) is 0 Å². The first-order valence-corrected chi connectivity index (χ1v) is 5.61. The van der Waals surface area contributed by atoms with Crippen LogP contribution in [0.15, 0.2) is 0 Å². The minimum Gasteiger partial charge on any atom is -0.256 e. The molecule has 0 aliphatic heterocycles. The molecular weight excluding hydrogens is 240 g/mol. The third kappa shape index (κ3) is 1.80. The van der Waals surface area contributed by atoms with E-state index in [0.29, 0.717) is 14.2 Å². The molecule has 2 aromatic rings. The third-order valence-corrected chi connectivity index (χ3v) is 3.28. The second-order valence-electron chi connectivity index (χ2n) is 2.37. The van der Waals surface area contributed by atoms with Crippen LogP contribution in [-0.4, -0.2) is 20.4 Å². The number of hydrazine groups is 1. The standard InChI is InChI=1S/C5H6N6S3/c1-2-7-8-3(13-2)11(6)4-9-10-5(12)14-4/h6H2,1H3,(H,10,12). The zero-order chi connectivity index (χ0) is 10.1. The van der Waals surface area contributed by atoms with Gasteiger partial charge in [0.2, 0.25) is 10.3 Å². The van der Waals surface area contributed by atoms with E-state index in [2.05, 4.69) is 20.4 Å². The molecule has 0 saturated carbocycles. The average Bonchev–Trinajstić information content (AvgIpc) is 2.73. The van der Waals surface area contributed by atoms with Crippen molar-refractivity contribution in [3.63, 3.8) is 0 Å². The second kappa shape index (κ2) is 3.69. The highest BCUT2D eigenvalue weighted by molar-refractivity contribution is 7.73. The van der Waals surface area contributed by atoms with E-state index in [0.717, 1.165) is 5.01 Å². The molecule has 0 bridgehead atoms. The third-order valence-electron chi connectivity index (χ3n) is 1.35. The van der Waals surface area contributed by atoms with Gasteiger partial charge in [0.1, 0.15) is 5.01 Å². The largest absolute Gasteiger partial charge is 0.256 e. The lowest BCUT2D eigenvalue weighted by molar-refractivity contribution is 0.954. The molecule has 14 heavy (non-hydrogen) atoms. The number of H-pyrrole nitrogens is 1. The molecule has 0 saturated heterocycles. The number of aryl methyl sites for hydroxylation is 1. The van der Waals surface area contributed by atoms with Crippen molar-refractivity contribution in [1.29, 1.82) is 0 Å². The lowest BCUT2D eigenvalue weighted by atomic mass is 10.9. The molecule has 0 aliphatic rings. The van der Waals surface area contributed by atoms with Crippen molar-refractivity contribution in [2.24, 2.45) is 5.84 Å². The van der Waals surface area contributed by atoms with Gasteiger partial charge >= 0.3 is 0 Å². The van der Waals surface area contributed by atoms with E-state index in [1.807, 2.05) is 6.92 Å². The van der Waals surface area contributed by atoms with Crippen LogP contribution in [0.2, 0.25) is 0 Å². The van der Waals surface area contributed by atoms with Crippen LogP contribution in [0.25, 0.3) is 0 Å². The summed E-state index contributed by atoms with van der Waals surface area (Å²) in [7, 11) is 0. The van der Waals surface area contributed by atoms with Gasteiger partial charge in [-0.2, -0.15) is 0 Å². The molecule has 2 aromatic heterocycles. The molecule has 2 heterocycles. The lowest BCUT2D eigenvalue weighted by Gasteiger charge is -2.07. The Morgan fingerprint density at radius 3 is 2.64 bits per heavy atom. The molecule has 0 unspecified atom stereocenters. The van der Waals surface area contributed by atoms with E-state index in [1.165, 1.54) is 27.7 Å². The summed E-state index contributed by atoms with van der Waals surface area (Å²) < 4.78 is 0.580. The Bertz CT molecular complexity index is 483. The van der Waals surface area contributed by atoms with E-state index < -0.39 is 0 Å². The van der Waals surface area contributed by atoms with Crippen LogP contribution in [-0.2, 0) is 0 Å². The molecular formula is C5H6N6S3. The van der Waals surface area contributed by atoms with Crippen LogP contribution in [0, 0.1) is 10.9 Å². The van der Waals surface area contributed by atoms with Crippen molar-refractivity contribution in [1.82, 2.24) is 20.4 Å². The quantitative estimate of drug-likeness (QED) is 0.473. The summed E-state index contributed by atoms with van der Waals surface area (Å²) in [5, 5.41) is 17.7. The smallest absolute Gasteiger partial charge is 0.229 e. The summed E-state index contributed by atoms with van der Waals surface area (Å²) in [6.07, 6.45) is 0. The highest BCUT2D eigenvalue weighted by atomic mass is 32.1. The van der Waals surface area contributed by atoms with E-state index >= 15 is 0 Å². The first-order chi connectivity index (χ1) is 6.66. The van der Waals surface area contributed by atoms with Gasteiger partial charge in [0.15, 0.2) is 3.95 Å². The molecule has 74 valence electrons. The topological polar surface area (TPSA) is 83.7 Å². The molecule has 0 spiro atoms. The number of nitrogens with one attached hydrogen (secondary N) is 1. The fraction of sp³-hybridized carbons (Fsp3) is 0.200. The average molecular weight is 246 g/mol. The summed E-state index contributed by atoms with van der Waals surface area (Å²) in [5.74, 6) is 5.77. The second-order valence-corrected chi connectivity index (χ2v) is 5.17. The van der Waals surface area contributed by atoms with Gasteiger partial charge < -0.3 is 0 Å². The molecule has 6 nitrogen and oxygen atoms in total. The number of nitrogens with two attached hydrogens (primary N) is 1. The van der Waals surface area contributed by atoms with Gasteiger partial charge in [-0.15, -0.1) is 15.3 Å². The minimum absolute atomic E-state index is 0.575. The molecule has 0 atom stereocenters. The summed E-state index contributed by atoms with van der Waals surface area (Å²) in [6.45, 7) is 1.86. The van der Waals surface area contributed by atoms with Crippen LogP contribution < -0.4 is 10.9 Å². The Morgan fingerprint density at radius 2 is 2.14 bits per heavy atom. The Labute approximate surface area is 92.4 Å². The predicted molar refractivity (Wildman–Crippen MR) is 58.3 cm³/mol. The Balaban J connectivity index is 2.32. The van der Waals surface area contributed by atoms with E-state index in [4.69, 9.17) is 18.1 Å². The monoisotopic (exact) mass is 246 g/mol. The van der Waals surface area contributed by atoms with Gasteiger partial charge in [-0.3, -0.25) is 5.10 Å². The van der Waals surface area contributed by atoms with E-state index in [-0.39, 0.29) is 0 Å². The van der Waals surface area contributed by atoms with Crippen molar-refractivity contribution < 1.29 is 0 Å². The molecule has 2 rings (SSSR count). The highest BCUT2D eigenvalue weighted by Gasteiger charge is 2.12. The van der Waals surface area contributed by atoms with Gasteiger partial charge in [-0.1, -0.05) is 22.7 Å². The first kappa shape index (κ1) is 9.65. The SMILES string of the molecule is Cc1nnc(N(N)c2n[nH]c(=S)s2)s1. The van der Waals surface area contributed by atoms with E-state index in [1.54, 1.807) is 0 Å². The number of rotatable bonds is 2. The van der Waals surface area contributed by atoms with Crippen molar-refractivity contribution in [3.8, 4) is 0 Å². The maximum atomic E-state index is 5.77. The normalized spacial score (nSPS) is 10.4. The first-order valence-electron chi connectivity index (χ1n) is 3.57. The Morgan fingerprint density at radius 1 is 1.36 bits per heavy atom. The van der Waals surface area contributed by atoms with Gasteiger partial charge in [0, 0.05) is 0 Å². The van der Waals surface area contributed by atoms with Gasteiger partial charge in [0.05, 0.1) is 0 Å². The number of anilines is 2. The van der Waals surface area contributed by atoms with Crippen molar-refractivity contribution in [3.05, 3.63) is 8.96 Å². The fourth-order valence-corrected chi connectivity index (χ4v) is 2.26. The highest BCUT2D eigenvalue weighted by Crippen LogP contribution is 2.25. The Kier molecular flexibility index (Phi) is 2.54. The summed E-state index contributed by atoms with van der Waals surface area (Å²) >= 11 is 7.58. The van der Waals surface area contributed by atoms with Gasteiger partial charge in [-0.05, 0) is 19.1 Å². The maximum Gasteiger partial charge on any atom is 0.229 e. The van der Waals surface area contributed by atoms with Crippen molar-refractivity contribution in [2.75, 3.05) is 5.01 Å². The number of aromatic amines is 1. The number of hydrogen-bond acceptors (Lipinski definition) is 8. The van der Waals surface area contributed by atoms with Crippen LogP contribution in [0.5, 0.6) is 0 Å². The number of nitrogens with zero attached hydrogens (tertiary/aromatic N) is 4.